The van der Waals surface area contributed by atoms with Gasteiger partial charge in [0.2, 0.25) is 0 Å². The number of thioether (sulfide) groups is 1. The quantitative estimate of drug-likeness (QED) is 0.340. The van der Waals surface area contributed by atoms with Crippen LogP contribution in [-0.2, 0) is 16.0 Å². The van der Waals surface area contributed by atoms with Gasteiger partial charge in [-0.05, 0) is 19.1 Å². The molecule has 0 aliphatic carbocycles. The van der Waals surface area contributed by atoms with Crippen LogP contribution in [0, 0.1) is 10.1 Å². The Kier molecular flexibility index (Phi) is 7.03. The van der Waals surface area contributed by atoms with E-state index in [-0.39, 0.29) is 10.6 Å². The number of aryl methyl sites for hydroxylation is 1. The summed E-state index contributed by atoms with van der Waals surface area (Å²) >= 11 is 1.48. The molecule has 0 saturated carbocycles. The fourth-order valence-corrected chi connectivity index (χ4v) is 2.53. The Hall–Kier alpha value is -1.60. The summed E-state index contributed by atoms with van der Waals surface area (Å²) in [5.74, 6) is 0.697. The Morgan fingerprint density at radius 2 is 2.20 bits per heavy atom. The molecule has 0 aromatic heterocycles. The number of carbonyl (C=O) groups is 1. The molecule has 1 unspecified atom stereocenters. The first-order valence-corrected chi connectivity index (χ1v) is 7.44. The van der Waals surface area contributed by atoms with Crippen LogP contribution in [-0.4, -0.2) is 35.0 Å². The maximum atomic E-state index is 11.3. The zero-order chi connectivity index (χ0) is 15.0. The summed E-state index contributed by atoms with van der Waals surface area (Å²) in [6, 6.07) is 6.00. The largest absolute Gasteiger partial charge is 0.465 e. The number of esters is 1. The van der Waals surface area contributed by atoms with E-state index in [1.54, 1.807) is 25.1 Å². The second kappa shape index (κ2) is 8.55. The lowest BCUT2D eigenvalue weighted by Gasteiger charge is -2.10. The van der Waals surface area contributed by atoms with Crippen LogP contribution >= 0.6 is 11.8 Å². The first-order valence-electron chi connectivity index (χ1n) is 6.28. The second-order valence-electron chi connectivity index (χ2n) is 4.07. The Morgan fingerprint density at radius 3 is 2.85 bits per heavy atom. The standard InChI is InChI=1S/C13H18N2O4S/c1-2-19-13(16)11(14)9-20-8-7-10-5-3-4-6-12(10)15(17)18/h3-6,11H,2,7-9,14H2,1H3. The van der Waals surface area contributed by atoms with Crippen LogP contribution in [0.2, 0.25) is 0 Å². The number of hydrogen-bond acceptors (Lipinski definition) is 6. The highest BCUT2D eigenvalue weighted by Crippen LogP contribution is 2.19. The molecule has 7 heteroatoms. The van der Waals surface area contributed by atoms with E-state index in [9.17, 15) is 14.9 Å². The third-order valence-electron chi connectivity index (χ3n) is 2.59. The van der Waals surface area contributed by atoms with E-state index in [4.69, 9.17) is 10.5 Å². The van der Waals surface area contributed by atoms with Gasteiger partial charge in [-0.3, -0.25) is 14.9 Å². The molecule has 0 aliphatic rings. The van der Waals surface area contributed by atoms with E-state index in [1.807, 2.05) is 0 Å². The molecule has 6 nitrogen and oxygen atoms in total. The van der Waals surface area contributed by atoms with Crippen molar-refractivity contribution in [3.8, 4) is 0 Å². The molecule has 0 saturated heterocycles. The summed E-state index contributed by atoms with van der Waals surface area (Å²) in [6.45, 7) is 2.04. The van der Waals surface area contributed by atoms with Crippen LogP contribution in [0.5, 0.6) is 0 Å². The number of ether oxygens (including phenoxy) is 1. The molecule has 0 amide bonds. The van der Waals surface area contributed by atoms with Crippen molar-refractivity contribution in [2.24, 2.45) is 5.73 Å². The molecule has 0 radical (unpaired) electrons. The summed E-state index contributed by atoms with van der Waals surface area (Å²) in [5, 5.41) is 10.8. The molecular formula is C13H18N2O4S. The topological polar surface area (TPSA) is 95.5 Å². The van der Waals surface area contributed by atoms with Crippen LogP contribution in [0.15, 0.2) is 24.3 Å². The van der Waals surface area contributed by atoms with E-state index >= 15 is 0 Å². The molecule has 1 aromatic carbocycles. The zero-order valence-electron chi connectivity index (χ0n) is 11.3. The minimum Gasteiger partial charge on any atom is -0.465 e. The van der Waals surface area contributed by atoms with Gasteiger partial charge < -0.3 is 10.5 Å². The average molecular weight is 298 g/mol. The number of benzene rings is 1. The highest BCUT2D eigenvalue weighted by Gasteiger charge is 2.15. The highest BCUT2D eigenvalue weighted by molar-refractivity contribution is 7.99. The van der Waals surface area contributed by atoms with E-state index in [0.29, 0.717) is 30.1 Å². The predicted molar refractivity (Wildman–Crippen MR) is 78.7 cm³/mol. The minimum atomic E-state index is -0.647. The van der Waals surface area contributed by atoms with E-state index in [2.05, 4.69) is 0 Å². The van der Waals surface area contributed by atoms with E-state index < -0.39 is 12.0 Å². The van der Waals surface area contributed by atoms with Crippen LogP contribution in [0.25, 0.3) is 0 Å². The Labute approximate surface area is 121 Å². The van der Waals surface area contributed by atoms with Crippen molar-refractivity contribution in [2.45, 2.75) is 19.4 Å². The molecule has 1 rings (SSSR count). The lowest BCUT2D eigenvalue weighted by Crippen LogP contribution is -2.34. The van der Waals surface area contributed by atoms with Gasteiger partial charge in [0, 0.05) is 17.4 Å². The number of nitrogens with two attached hydrogens (primary N) is 1. The van der Waals surface area contributed by atoms with Gasteiger partial charge in [0.1, 0.15) is 6.04 Å². The van der Waals surface area contributed by atoms with Crippen LogP contribution < -0.4 is 5.73 Å². The van der Waals surface area contributed by atoms with Gasteiger partial charge >= 0.3 is 5.97 Å². The average Bonchev–Trinajstić information content (AvgIpc) is 2.43. The monoisotopic (exact) mass is 298 g/mol. The van der Waals surface area contributed by atoms with Gasteiger partial charge in [0.05, 0.1) is 11.5 Å². The van der Waals surface area contributed by atoms with E-state index in [0.717, 1.165) is 0 Å². The van der Waals surface area contributed by atoms with Crippen molar-refractivity contribution in [1.29, 1.82) is 0 Å². The molecule has 1 aromatic rings. The van der Waals surface area contributed by atoms with Crippen LogP contribution in [0.4, 0.5) is 5.69 Å². The Balaban J connectivity index is 2.38. The number of nitro benzene ring substituents is 1. The smallest absolute Gasteiger partial charge is 0.323 e. The summed E-state index contributed by atoms with van der Waals surface area (Å²) in [7, 11) is 0. The van der Waals surface area contributed by atoms with Crippen LogP contribution in [0.3, 0.4) is 0 Å². The summed E-state index contributed by atoms with van der Waals surface area (Å²) < 4.78 is 4.80. The van der Waals surface area contributed by atoms with Crippen molar-refractivity contribution in [2.75, 3.05) is 18.1 Å². The molecule has 0 heterocycles. The first-order chi connectivity index (χ1) is 9.56. The predicted octanol–water partition coefficient (Wildman–Crippen LogP) is 1.76. The number of para-hydroxylation sites is 1. The first kappa shape index (κ1) is 16.5. The van der Waals surface area contributed by atoms with Crippen molar-refractivity contribution >= 4 is 23.4 Å². The van der Waals surface area contributed by atoms with Crippen molar-refractivity contribution in [3.63, 3.8) is 0 Å². The van der Waals surface area contributed by atoms with Crippen molar-refractivity contribution in [3.05, 3.63) is 39.9 Å². The van der Waals surface area contributed by atoms with Gasteiger partial charge in [-0.1, -0.05) is 18.2 Å². The van der Waals surface area contributed by atoms with Gasteiger partial charge in [0.25, 0.3) is 5.69 Å². The van der Waals surface area contributed by atoms with Gasteiger partial charge in [-0.25, -0.2) is 0 Å². The minimum absolute atomic E-state index is 0.128. The van der Waals surface area contributed by atoms with E-state index in [1.165, 1.54) is 17.8 Å². The maximum Gasteiger partial charge on any atom is 0.323 e. The number of nitrogens with zero attached hydrogens (tertiary/aromatic N) is 1. The van der Waals surface area contributed by atoms with Gasteiger partial charge in [-0.15, -0.1) is 0 Å². The summed E-state index contributed by atoms with van der Waals surface area (Å²) in [6.07, 6.45) is 0.567. The number of hydrogen-bond donors (Lipinski definition) is 1. The second-order valence-corrected chi connectivity index (χ2v) is 5.22. The number of nitro groups is 1. The lowest BCUT2D eigenvalue weighted by atomic mass is 10.1. The third-order valence-corrected chi connectivity index (χ3v) is 3.68. The zero-order valence-corrected chi connectivity index (χ0v) is 12.1. The normalized spacial score (nSPS) is 11.9. The molecular weight excluding hydrogens is 280 g/mol. The fourth-order valence-electron chi connectivity index (χ4n) is 1.61. The SMILES string of the molecule is CCOC(=O)C(N)CSCCc1ccccc1[N+](=O)[O-]. The maximum absolute atomic E-state index is 11.3. The molecule has 0 spiro atoms. The number of rotatable bonds is 8. The fraction of sp³-hybridized carbons (Fsp3) is 0.462. The molecule has 2 N–H and O–H groups in total. The Bertz CT molecular complexity index is 467. The van der Waals surface area contributed by atoms with Crippen molar-refractivity contribution < 1.29 is 14.5 Å². The van der Waals surface area contributed by atoms with Gasteiger partial charge in [0.15, 0.2) is 0 Å². The molecule has 1 atom stereocenters. The molecule has 20 heavy (non-hydrogen) atoms. The van der Waals surface area contributed by atoms with Crippen LogP contribution in [0.1, 0.15) is 12.5 Å². The highest BCUT2D eigenvalue weighted by atomic mass is 32.2. The molecule has 0 bridgehead atoms. The molecule has 0 aliphatic heterocycles. The summed E-state index contributed by atoms with van der Waals surface area (Å²) in [5.41, 5.74) is 6.47. The summed E-state index contributed by atoms with van der Waals surface area (Å²) in [4.78, 5) is 21.8. The van der Waals surface area contributed by atoms with Gasteiger partial charge in [-0.2, -0.15) is 11.8 Å². The Morgan fingerprint density at radius 1 is 1.50 bits per heavy atom. The molecule has 0 fully saturated rings. The lowest BCUT2D eigenvalue weighted by molar-refractivity contribution is -0.385. The number of carbonyl (C=O) groups excluding carboxylic acids is 1. The molecule has 110 valence electrons. The van der Waals surface area contributed by atoms with Crippen molar-refractivity contribution in [1.82, 2.24) is 0 Å². The third kappa shape index (κ3) is 5.18.